The Kier molecular flexibility index (Phi) is 5.53. The molecular formula is C20H22BrNO4S. The number of carbonyl (C=O) groups excluding carboxylic acids is 2. The number of esters is 1. The number of dihydropyridines is 1. The Morgan fingerprint density at radius 1 is 1.37 bits per heavy atom. The van der Waals surface area contributed by atoms with Gasteiger partial charge in [-0.2, -0.15) is 0 Å². The molecule has 0 amide bonds. The van der Waals surface area contributed by atoms with Crippen LogP contribution in [0.2, 0.25) is 0 Å². The smallest absolute Gasteiger partial charge is 0.336 e. The summed E-state index contributed by atoms with van der Waals surface area (Å²) in [5, 5.41) is 3.31. The maximum Gasteiger partial charge on any atom is 0.336 e. The summed E-state index contributed by atoms with van der Waals surface area (Å²) in [7, 11) is 0. The molecule has 0 saturated carbocycles. The molecule has 144 valence electrons. The lowest BCUT2D eigenvalue weighted by Crippen LogP contribution is -2.34. The van der Waals surface area contributed by atoms with Crippen molar-refractivity contribution in [2.45, 2.75) is 51.0 Å². The second kappa shape index (κ2) is 7.89. The zero-order chi connectivity index (χ0) is 19.0. The Balaban J connectivity index is 1.67. The monoisotopic (exact) mass is 451 g/mol. The molecule has 1 aromatic rings. The predicted molar refractivity (Wildman–Crippen MR) is 106 cm³/mol. The lowest BCUT2D eigenvalue weighted by molar-refractivity contribution is -0.142. The second-order valence-corrected chi connectivity index (χ2v) is 9.64. The highest BCUT2D eigenvalue weighted by atomic mass is 79.9. The maximum atomic E-state index is 13.0. The number of hydrogen-bond donors (Lipinski definition) is 1. The fourth-order valence-corrected chi connectivity index (χ4v) is 5.59. The van der Waals surface area contributed by atoms with Crippen molar-refractivity contribution in [2.75, 3.05) is 13.2 Å². The summed E-state index contributed by atoms with van der Waals surface area (Å²) >= 11 is 5.06. The van der Waals surface area contributed by atoms with Gasteiger partial charge in [0.25, 0.3) is 0 Å². The van der Waals surface area contributed by atoms with Crippen LogP contribution in [0, 0.1) is 0 Å². The minimum atomic E-state index is -0.366. The highest BCUT2D eigenvalue weighted by Crippen LogP contribution is 2.45. The van der Waals surface area contributed by atoms with Gasteiger partial charge < -0.3 is 14.8 Å². The van der Waals surface area contributed by atoms with E-state index in [1.165, 1.54) is 0 Å². The molecule has 2 atom stereocenters. The molecule has 5 nitrogen and oxygen atoms in total. The van der Waals surface area contributed by atoms with E-state index in [9.17, 15) is 9.59 Å². The number of halogens is 1. The van der Waals surface area contributed by atoms with Gasteiger partial charge in [0.1, 0.15) is 6.61 Å². The maximum absolute atomic E-state index is 13.0. The number of allylic oxidation sites excluding steroid dienone is 3. The van der Waals surface area contributed by atoms with Crippen LogP contribution in [0.5, 0.6) is 0 Å². The molecule has 0 unspecified atom stereocenters. The fraction of sp³-hybridized carbons (Fsp3) is 0.500. The van der Waals surface area contributed by atoms with Gasteiger partial charge in [0.05, 0.1) is 21.4 Å². The van der Waals surface area contributed by atoms with Crippen molar-refractivity contribution >= 4 is 39.0 Å². The summed E-state index contributed by atoms with van der Waals surface area (Å²) in [5.41, 5.74) is 2.99. The summed E-state index contributed by atoms with van der Waals surface area (Å²) in [6.07, 6.45) is 4.10. The average Bonchev–Trinajstić information content (AvgIpc) is 3.30. The van der Waals surface area contributed by atoms with Crippen molar-refractivity contribution in [3.05, 3.63) is 43.3 Å². The van der Waals surface area contributed by atoms with Gasteiger partial charge >= 0.3 is 5.97 Å². The number of Topliss-reactive ketones (excluding diaryl/α,β-unsaturated/α-hetero) is 1. The van der Waals surface area contributed by atoms with Crippen molar-refractivity contribution in [1.29, 1.82) is 0 Å². The third kappa shape index (κ3) is 3.77. The first kappa shape index (κ1) is 18.9. The first-order valence-corrected chi connectivity index (χ1v) is 10.9. The van der Waals surface area contributed by atoms with Gasteiger partial charge in [-0.3, -0.25) is 4.79 Å². The molecule has 3 aliphatic rings. The quantitative estimate of drug-likeness (QED) is 0.694. The number of hydrogen-bond acceptors (Lipinski definition) is 6. The highest BCUT2D eigenvalue weighted by Gasteiger charge is 2.40. The van der Waals surface area contributed by atoms with Crippen LogP contribution in [-0.4, -0.2) is 31.1 Å². The van der Waals surface area contributed by atoms with Crippen LogP contribution < -0.4 is 5.32 Å². The SMILES string of the molecule is CC1=C(C(=O)OC[C@@H]2CCCO2)[C@H](c2ccc(Br)s2)C2=C(CCCC2=O)N1. The van der Waals surface area contributed by atoms with E-state index in [-0.39, 0.29) is 30.4 Å². The molecule has 1 fully saturated rings. The lowest BCUT2D eigenvalue weighted by atomic mass is 9.78. The summed E-state index contributed by atoms with van der Waals surface area (Å²) in [6, 6.07) is 3.94. The standard InChI is InChI=1S/C20H22BrNO4S/c1-11-17(20(24)26-10-12-4-3-9-25-12)19(15-7-8-16(21)27-15)18-13(22-11)5-2-6-14(18)23/h7-8,12,19,22H,2-6,9-10H2,1H3/t12-,19-/m0/s1. The van der Waals surface area contributed by atoms with Gasteiger partial charge in [-0.05, 0) is 60.7 Å². The molecule has 0 radical (unpaired) electrons. The third-order valence-electron chi connectivity index (χ3n) is 5.30. The van der Waals surface area contributed by atoms with E-state index in [4.69, 9.17) is 9.47 Å². The van der Waals surface area contributed by atoms with Crippen LogP contribution in [0.1, 0.15) is 49.8 Å². The summed E-state index contributed by atoms with van der Waals surface area (Å²) < 4.78 is 12.1. The molecule has 4 rings (SSSR count). The Morgan fingerprint density at radius 2 is 2.22 bits per heavy atom. The summed E-state index contributed by atoms with van der Waals surface area (Å²) in [6.45, 7) is 2.87. The van der Waals surface area contributed by atoms with Crippen molar-refractivity contribution < 1.29 is 19.1 Å². The molecule has 1 saturated heterocycles. The van der Waals surface area contributed by atoms with Crippen LogP contribution in [0.25, 0.3) is 0 Å². The molecule has 1 aliphatic carbocycles. The van der Waals surface area contributed by atoms with Crippen molar-refractivity contribution in [3.63, 3.8) is 0 Å². The van der Waals surface area contributed by atoms with E-state index in [1.807, 2.05) is 19.1 Å². The number of ketones is 1. The van der Waals surface area contributed by atoms with Gasteiger partial charge in [0.2, 0.25) is 0 Å². The lowest BCUT2D eigenvalue weighted by Gasteiger charge is -2.33. The Morgan fingerprint density at radius 3 is 2.93 bits per heavy atom. The number of rotatable bonds is 4. The van der Waals surface area contributed by atoms with Gasteiger partial charge in [0.15, 0.2) is 5.78 Å². The molecule has 7 heteroatoms. The number of ether oxygens (including phenoxy) is 2. The van der Waals surface area contributed by atoms with Crippen LogP contribution >= 0.6 is 27.3 Å². The first-order chi connectivity index (χ1) is 13.0. The fourth-order valence-electron chi connectivity index (χ4n) is 4.04. The Bertz CT molecular complexity index is 835. The number of carbonyl (C=O) groups is 2. The molecule has 0 spiro atoms. The zero-order valence-electron chi connectivity index (χ0n) is 15.2. The average molecular weight is 452 g/mol. The predicted octanol–water partition coefficient (Wildman–Crippen LogP) is 4.20. The molecule has 27 heavy (non-hydrogen) atoms. The van der Waals surface area contributed by atoms with Crippen LogP contribution in [0.15, 0.2) is 38.5 Å². The van der Waals surface area contributed by atoms with E-state index in [0.717, 1.165) is 57.9 Å². The van der Waals surface area contributed by atoms with Gasteiger partial charge in [-0.25, -0.2) is 4.79 Å². The Labute approximate surface area is 170 Å². The van der Waals surface area contributed by atoms with Crippen LogP contribution in [0.4, 0.5) is 0 Å². The van der Waals surface area contributed by atoms with Crippen molar-refractivity contribution in [3.8, 4) is 0 Å². The van der Waals surface area contributed by atoms with E-state index < -0.39 is 0 Å². The minimum Gasteiger partial charge on any atom is -0.459 e. The third-order valence-corrected chi connectivity index (χ3v) is 6.99. The zero-order valence-corrected chi connectivity index (χ0v) is 17.6. The molecule has 1 N–H and O–H groups in total. The summed E-state index contributed by atoms with van der Waals surface area (Å²) in [5.74, 6) is -0.604. The number of nitrogens with one attached hydrogen (secondary N) is 1. The molecule has 3 heterocycles. The Hall–Kier alpha value is -1.44. The molecule has 1 aromatic heterocycles. The van der Waals surface area contributed by atoms with E-state index in [2.05, 4.69) is 21.2 Å². The van der Waals surface area contributed by atoms with E-state index >= 15 is 0 Å². The topological polar surface area (TPSA) is 64.6 Å². The molecule has 0 aromatic carbocycles. The van der Waals surface area contributed by atoms with E-state index in [1.54, 1.807) is 11.3 Å². The second-order valence-electron chi connectivity index (χ2n) is 7.14. The largest absolute Gasteiger partial charge is 0.459 e. The first-order valence-electron chi connectivity index (χ1n) is 9.32. The minimum absolute atomic E-state index is 0.0215. The highest BCUT2D eigenvalue weighted by molar-refractivity contribution is 9.11. The van der Waals surface area contributed by atoms with Gasteiger partial charge in [-0.1, -0.05) is 0 Å². The summed E-state index contributed by atoms with van der Waals surface area (Å²) in [4.78, 5) is 26.8. The molecular weight excluding hydrogens is 430 g/mol. The van der Waals surface area contributed by atoms with Gasteiger partial charge in [-0.15, -0.1) is 11.3 Å². The molecule has 2 aliphatic heterocycles. The van der Waals surface area contributed by atoms with Crippen LogP contribution in [-0.2, 0) is 19.1 Å². The van der Waals surface area contributed by atoms with Crippen molar-refractivity contribution in [1.82, 2.24) is 5.32 Å². The number of thiophene rings is 1. The normalized spacial score (nSPS) is 25.5. The van der Waals surface area contributed by atoms with Crippen molar-refractivity contribution in [2.24, 2.45) is 0 Å². The van der Waals surface area contributed by atoms with Crippen LogP contribution in [0.3, 0.4) is 0 Å². The molecule has 0 bridgehead atoms. The van der Waals surface area contributed by atoms with E-state index in [0.29, 0.717) is 12.0 Å². The van der Waals surface area contributed by atoms with Gasteiger partial charge in [0, 0.05) is 34.9 Å².